The maximum atomic E-state index is 14.4. The number of hydrogen-bond donors (Lipinski definition) is 1. The summed E-state index contributed by atoms with van der Waals surface area (Å²) in [6.07, 6.45) is 0. The van der Waals surface area contributed by atoms with E-state index in [0.717, 1.165) is 8.61 Å². The summed E-state index contributed by atoms with van der Waals surface area (Å²) in [5, 5.41) is 2.82. The van der Waals surface area contributed by atoms with E-state index in [1.165, 1.54) is 32.3 Å². The van der Waals surface area contributed by atoms with Crippen molar-refractivity contribution in [3.63, 3.8) is 0 Å². The standard InChI is InChI=1S/C24H26FN3O4S/c1-4-32-23-12-8-6-10-21(23)26-24(29)19-15-13-18(14-16-19)17-28(33(30,31)27(2)3)22-11-7-5-9-20(22)25/h5-16H,4,17H2,1-3H3,(H,26,29). The van der Waals surface area contributed by atoms with Gasteiger partial charge in [-0.3, -0.25) is 9.10 Å². The zero-order valence-corrected chi connectivity index (χ0v) is 19.5. The smallest absolute Gasteiger partial charge is 0.303 e. The number of rotatable bonds is 9. The Kier molecular flexibility index (Phi) is 7.67. The highest BCUT2D eigenvalue weighted by Crippen LogP contribution is 2.26. The molecule has 3 aromatic rings. The molecule has 0 saturated carbocycles. The van der Waals surface area contributed by atoms with E-state index in [1.807, 2.05) is 13.0 Å². The molecule has 0 saturated heterocycles. The molecule has 9 heteroatoms. The number of nitrogens with zero attached hydrogens (tertiary/aromatic N) is 2. The molecular formula is C24H26FN3O4S. The SMILES string of the molecule is CCOc1ccccc1NC(=O)c1ccc(CN(c2ccccc2F)S(=O)(=O)N(C)C)cc1. The predicted molar refractivity (Wildman–Crippen MR) is 127 cm³/mol. The Morgan fingerprint density at radius 2 is 1.61 bits per heavy atom. The highest BCUT2D eigenvalue weighted by atomic mass is 32.2. The lowest BCUT2D eigenvalue weighted by molar-refractivity contribution is 0.102. The lowest BCUT2D eigenvalue weighted by Gasteiger charge is -2.27. The van der Waals surface area contributed by atoms with Gasteiger partial charge in [0.1, 0.15) is 11.6 Å². The summed E-state index contributed by atoms with van der Waals surface area (Å²) in [6, 6.07) is 19.3. The minimum Gasteiger partial charge on any atom is -0.492 e. The van der Waals surface area contributed by atoms with Crippen molar-refractivity contribution in [1.29, 1.82) is 0 Å². The van der Waals surface area contributed by atoms with Gasteiger partial charge in [-0.1, -0.05) is 36.4 Å². The molecule has 0 aliphatic rings. The Balaban J connectivity index is 1.82. The van der Waals surface area contributed by atoms with Gasteiger partial charge in [0.2, 0.25) is 0 Å². The molecule has 33 heavy (non-hydrogen) atoms. The molecular weight excluding hydrogens is 445 g/mol. The number of amides is 1. The number of carbonyl (C=O) groups excluding carboxylic acids is 1. The molecule has 0 aromatic heterocycles. The summed E-state index contributed by atoms with van der Waals surface area (Å²) >= 11 is 0. The van der Waals surface area contributed by atoms with Crippen LogP contribution in [0.5, 0.6) is 5.75 Å². The van der Waals surface area contributed by atoms with E-state index in [-0.39, 0.29) is 18.1 Å². The number of ether oxygens (including phenoxy) is 1. The third kappa shape index (κ3) is 5.68. The molecule has 0 fully saturated rings. The van der Waals surface area contributed by atoms with Crippen LogP contribution in [0.3, 0.4) is 0 Å². The van der Waals surface area contributed by atoms with Gasteiger partial charge in [-0.2, -0.15) is 12.7 Å². The second kappa shape index (κ2) is 10.5. The van der Waals surface area contributed by atoms with Crippen molar-refractivity contribution < 1.29 is 22.3 Å². The zero-order chi connectivity index (χ0) is 24.0. The topological polar surface area (TPSA) is 79.0 Å². The fourth-order valence-electron chi connectivity index (χ4n) is 3.12. The van der Waals surface area contributed by atoms with Crippen LogP contribution in [-0.2, 0) is 16.8 Å². The molecule has 7 nitrogen and oxygen atoms in total. The van der Waals surface area contributed by atoms with E-state index in [2.05, 4.69) is 5.32 Å². The molecule has 0 unspecified atom stereocenters. The Morgan fingerprint density at radius 3 is 2.24 bits per heavy atom. The molecule has 1 amide bonds. The van der Waals surface area contributed by atoms with Crippen molar-refractivity contribution in [3.8, 4) is 5.75 Å². The zero-order valence-electron chi connectivity index (χ0n) is 18.7. The third-order valence-corrected chi connectivity index (χ3v) is 6.64. The number of anilines is 2. The quantitative estimate of drug-likeness (QED) is 0.505. The normalized spacial score (nSPS) is 11.3. The first-order valence-electron chi connectivity index (χ1n) is 10.3. The minimum atomic E-state index is -3.96. The van der Waals surface area contributed by atoms with Gasteiger partial charge in [0.15, 0.2) is 0 Å². The molecule has 0 aliphatic carbocycles. The molecule has 0 heterocycles. The molecule has 0 spiro atoms. The molecule has 3 aromatic carbocycles. The average Bonchev–Trinajstić information content (AvgIpc) is 2.79. The van der Waals surface area contributed by atoms with E-state index in [9.17, 15) is 17.6 Å². The van der Waals surface area contributed by atoms with Gasteiger partial charge in [-0.15, -0.1) is 0 Å². The predicted octanol–water partition coefficient (Wildman–Crippen LogP) is 4.29. The van der Waals surface area contributed by atoms with Crippen LogP contribution in [0, 0.1) is 5.82 Å². The number of benzene rings is 3. The Labute approximate surface area is 193 Å². The van der Waals surface area contributed by atoms with Crippen molar-refractivity contribution in [2.24, 2.45) is 0 Å². The highest BCUT2D eigenvalue weighted by molar-refractivity contribution is 7.90. The molecule has 1 N–H and O–H groups in total. The van der Waals surface area contributed by atoms with Gasteiger partial charge in [-0.25, -0.2) is 4.39 Å². The first kappa shape index (κ1) is 24.2. The lowest BCUT2D eigenvalue weighted by Crippen LogP contribution is -2.40. The van der Waals surface area contributed by atoms with E-state index < -0.39 is 16.0 Å². The Bertz CT molecular complexity index is 1210. The maximum absolute atomic E-state index is 14.4. The van der Waals surface area contributed by atoms with Crippen molar-refractivity contribution in [1.82, 2.24) is 4.31 Å². The Morgan fingerprint density at radius 1 is 0.970 bits per heavy atom. The molecule has 0 bridgehead atoms. The second-order valence-electron chi connectivity index (χ2n) is 7.33. The highest BCUT2D eigenvalue weighted by Gasteiger charge is 2.27. The van der Waals surface area contributed by atoms with Crippen LogP contribution in [0.4, 0.5) is 15.8 Å². The van der Waals surface area contributed by atoms with Gasteiger partial charge in [0.25, 0.3) is 5.91 Å². The molecule has 0 radical (unpaired) electrons. The number of para-hydroxylation sites is 3. The van der Waals surface area contributed by atoms with E-state index in [1.54, 1.807) is 48.5 Å². The fraction of sp³-hybridized carbons (Fsp3) is 0.208. The van der Waals surface area contributed by atoms with E-state index in [4.69, 9.17) is 4.74 Å². The van der Waals surface area contributed by atoms with Crippen molar-refractivity contribution in [3.05, 3.63) is 89.7 Å². The summed E-state index contributed by atoms with van der Waals surface area (Å²) < 4.78 is 47.7. The van der Waals surface area contributed by atoms with Crippen LogP contribution in [0.1, 0.15) is 22.8 Å². The van der Waals surface area contributed by atoms with Gasteiger partial charge >= 0.3 is 10.2 Å². The summed E-state index contributed by atoms with van der Waals surface area (Å²) in [5.74, 6) is -0.410. The van der Waals surface area contributed by atoms with Gasteiger partial charge < -0.3 is 10.1 Å². The lowest BCUT2D eigenvalue weighted by atomic mass is 10.1. The summed E-state index contributed by atoms with van der Waals surface area (Å²) in [7, 11) is -1.19. The molecule has 0 aliphatic heterocycles. The van der Waals surface area contributed by atoms with Gasteiger partial charge in [0, 0.05) is 19.7 Å². The summed E-state index contributed by atoms with van der Waals surface area (Å²) in [5.41, 5.74) is 1.48. The van der Waals surface area contributed by atoms with E-state index in [0.29, 0.717) is 29.2 Å². The number of hydrogen-bond acceptors (Lipinski definition) is 4. The fourth-order valence-corrected chi connectivity index (χ4v) is 4.22. The van der Waals surface area contributed by atoms with Crippen molar-refractivity contribution >= 4 is 27.5 Å². The Hall–Kier alpha value is -3.43. The number of halogens is 1. The van der Waals surface area contributed by atoms with Gasteiger partial charge in [-0.05, 0) is 48.9 Å². The number of carbonyl (C=O) groups is 1. The van der Waals surface area contributed by atoms with Crippen LogP contribution in [0.25, 0.3) is 0 Å². The van der Waals surface area contributed by atoms with Crippen LogP contribution < -0.4 is 14.4 Å². The first-order valence-corrected chi connectivity index (χ1v) is 11.7. The largest absolute Gasteiger partial charge is 0.492 e. The van der Waals surface area contributed by atoms with Crippen LogP contribution in [0.15, 0.2) is 72.8 Å². The first-order chi connectivity index (χ1) is 15.7. The van der Waals surface area contributed by atoms with Crippen LogP contribution >= 0.6 is 0 Å². The molecule has 3 rings (SSSR count). The monoisotopic (exact) mass is 471 g/mol. The van der Waals surface area contributed by atoms with Crippen molar-refractivity contribution in [2.45, 2.75) is 13.5 Å². The maximum Gasteiger partial charge on any atom is 0.303 e. The van der Waals surface area contributed by atoms with Crippen LogP contribution in [-0.4, -0.2) is 39.3 Å². The van der Waals surface area contributed by atoms with Crippen LogP contribution in [0.2, 0.25) is 0 Å². The summed E-state index contributed by atoms with van der Waals surface area (Å²) in [6.45, 7) is 2.23. The van der Waals surface area contributed by atoms with E-state index >= 15 is 0 Å². The summed E-state index contributed by atoms with van der Waals surface area (Å²) in [4.78, 5) is 12.7. The molecule has 174 valence electrons. The van der Waals surface area contributed by atoms with Gasteiger partial charge in [0.05, 0.1) is 24.5 Å². The minimum absolute atomic E-state index is 0.0550. The number of nitrogens with one attached hydrogen (secondary N) is 1. The average molecular weight is 472 g/mol. The van der Waals surface area contributed by atoms with Crippen molar-refractivity contribution in [2.75, 3.05) is 30.3 Å². The third-order valence-electron chi connectivity index (χ3n) is 4.84. The second-order valence-corrected chi connectivity index (χ2v) is 9.40. The molecule has 0 atom stereocenters.